The van der Waals surface area contributed by atoms with Crippen LogP contribution in [0.4, 0.5) is 5.69 Å². The molecule has 0 unspecified atom stereocenters. The number of hydrogen-bond acceptors (Lipinski definition) is 7. The van der Waals surface area contributed by atoms with Crippen LogP contribution in [0, 0.1) is 6.92 Å². The average molecular weight is 431 g/mol. The van der Waals surface area contributed by atoms with Gasteiger partial charge < -0.3 is 24.3 Å². The monoisotopic (exact) mass is 431 g/mol. The van der Waals surface area contributed by atoms with Gasteiger partial charge in [-0.3, -0.25) is 9.78 Å². The summed E-state index contributed by atoms with van der Waals surface area (Å²) in [6.45, 7) is 1.79. The van der Waals surface area contributed by atoms with Crippen molar-refractivity contribution in [1.29, 1.82) is 0 Å². The SMILES string of the molecule is Cc1ncc(CO)c2cc(C(=O)NC3=C[C@H]4OCO[C@H]4C=C3)c(=Nc3ccccc3)oc12. The normalized spacial score (nSPS) is 20.3. The molecule has 1 aromatic carbocycles. The highest BCUT2D eigenvalue weighted by Crippen LogP contribution is 2.23. The number of ether oxygens (including phenoxy) is 2. The predicted molar refractivity (Wildman–Crippen MR) is 116 cm³/mol. The lowest BCUT2D eigenvalue weighted by Crippen LogP contribution is -2.31. The highest BCUT2D eigenvalue weighted by Gasteiger charge is 2.28. The van der Waals surface area contributed by atoms with Crippen LogP contribution in [-0.2, 0) is 16.1 Å². The Balaban J connectivity index is 1.61. The van der Waals surface area contributed by atoms with Crippen molar-refractivity contribution in [3.05, 3.63) is 88.9 Å². The fourth-order valence-electron chi connectivity index (χ4n) is 3.69. The van der Waals surface area contributed by atoms with Crippen molar-refractivity contribution < 1.29 is 23.8 Å². The molecule has 32 heavy (non-hydrogen) atoms. The minimum atomic E-state index is -0.392. The first-order chi connectivity index (χ1) is 15.6. The van der Waals surface area contributed by atoms with Crippen molar-refractivity contribution in [3.8, 4) is 0 Å². The van der Waals surface area contributed by atoms with Crippen molar-refractivity contribution >= 4 is 22.6 Å². The van der Waals surface area contributed by atoms with E-state index in [9.17, 15) is 9.90 Å². The van der Waals surface area contributed by atoms with Gasteiger partial charge in [-0.2, -0.15) is 0 Å². The lowest BCUT2D eigenvalue weighted by molar-refractivity contribution is 0.0503. The van der Waals surface area contributed by atoms with Gasteiger partial charge >= 0.3 is 0 Å². The van der Waals surface area contributed by atoms with Crippen molar-refractivity contribution in [2.24, 2.45) is 4.99 Å². The van der Waals surface area contributed by atoms with Crippen LogP contribution < -0.4 is 10.9 Å². The number of aliphatic hydroxyl groups is 1. The molecule has 8 heteroatoms. The quantitative estimate of drug-likeness (QED) is 0.658. The van der Waals surface area contributed by atoms with Crippen molar-refractivity contribution in [2.75, 3.05) is 6.79 Å². The van der Waals surface area contributed by atoms with Crippen LogP contribution in [0.1, 0.15) is 21.6 Å². The summed E-state index contributed by atoms with van der Waals surface area (Å²) < 4.78 is 17.0. The maximum Gasteiger partial charge on any atom is 0.261 e. The zero-order valence-corrected chi connectivity index (χ0v) is 17.3. The molecule has 0 bridgehead atoms. The van der Waals surface area contributed by atoms with Gasteiger partial charge in [-0.15, -0.1) is 0 Å². The number of allylic oxidation sites excluding steroid dienone is 1. The number of benzene rings is 1. The van der Waals surface area contributed by atoms with E-state index in [0.29, 0.717) is 33.6 Å². The number of para-hydroxylation sites is 1. The smallest absolute Gasteiger partial charge is 0.261 e. The lowest BCUT2D eigenvalue weighted by Gasteiger charge is -2.17. The molecule has 1 amide bonds. The fraction of sp³-hybridized carbons (Fsp3) is 0.208. The molecule has 2 N–H and O–H groups in total. The van der Waals surface area contributed by atoms with Crippen molar-refractivity contribution in [2.45, 2.75) is 25.7 Å². The summed E-state index contributed by atoms with van der Waals surface area (Å²) in [6.07, 6.45) is 6.65. The zero-order chi connectivity index (χ0) is 22.1. The van der Waals surface area contributed by atoms with Crippen molar-refractivity contribution in [1.82, 2.24) is 10.3 Å². The topological polar surface area (TPSA) is 106 Å². The van der Waals surface area contributed by atoms with Crippen molar-refractivity contribution in [3.63, 3.8) is 0 Å². The molecule has 1 fully saturated rings. The number of pyridine rings is 1. The molecule has 162 valence electrons. The number of fused-ring (bicyclic) bond motifs is 2. The molecule has 0 saturated carbocycles. The van der Waals surface area contributed by atoms with E-state index in [1.807, 2.05) is 42.5 Å². The molecule has 3 aromatic rings. The van der Waals surface area contributed by atoms with Gasteiger partial charge in [-0.25, -0.2) is 4.99 Å². The molecular formula is C24H21N3O5. The number of aryl methyl sites for hydroxylation is 1. The van der Waals surface area contributed by atoms with Crippen LogP contribution in [0.2, 0.25) is 0 Å². The highest BCUT2D eigenvalue weighted by atomic mass is 16.7. The molecule has 2 atom stereocenters. The number of carbonyl (C=O) groups is 1. The Morgan fingerprint density at radius 3 is 2.88 bits per heavy atom. The molecular weight excluding hydrogens is 410 g/mol. The van der Waals surface area contributed by atoms with Crippen LogP contribution in [-0.4, -0.2) is 35.0 Å². The van der Waals surface area contributed by atoms with Crippen LogP contribution >= 0.6 is 0 Å². The molecule has 3 heterocycles. The zero-order valence-electron chi connectivity index (χ0n) is 17.3. The van der Waals surface area contributed by atoms with Gasteiger partial charge in [0, 0.05) is 22.8 Å². The number of aliphatic hydroxyl groups excluding tert-OH is 1. The molecule has 0 radical (unpaired) electrons. The molecule has 1 aliphatic carbocycles. The van der Waals surface area contributed by atoms with E-state index in [-0.39, 0.29) is 36.7 Å². The minimum Gasteiger partial charge on any atom is -0.436 e. The molecule has 5 rings (SSSR count). The molecule has 2 aromatic heterocycles. The summed E-state index contributed by atoms with van der Waals surface area (Å²) in [6, 6.07) is 10.9. The first kappa shape index (κ1) is 20.3. The first-order valence-electron chi connectivity index (χ1n) is 10.2. The van der Waals surface area contributed by atoms with E-state index in [1.165, 1.54) is 0 Å². The Labute approximate surface area is 183 Å². The Kier molecular flexibility index (Phi) is 5.40. The van der Waals surface area contributed by atoms with Crippen LogP contribution in [0.3, 0.4) is 0 Å². The Morgan fingerprint density at radius 2 is 2.06 bits per heavy atom. The number of hydrogen-bond donors (Lipinski definition) is 2. The minimum absolute atomic E-state index is 0.141. The van der Waals surface area contributed by atoms with Gasteiger partial charge in [-0.1, -0.05) is 24.3 Å². The molecule has 2 aliphatic rings. The second kappa shape index (κ2) is 8.51. The molecule has 8 nitrogen and oxygen atoms in total. The predicted octanol–water partition coefficient (Wildman–Crippen LogP) is 2.79. The maximum atomic E-state index is 13.3. The molecule has 1 aliphatic heterocycles. The van der Waals surface area contributed by atoms with E-state index in [1.54, 1.807) is 25.3 Å². The number of nitrogens with zero attached hydrogens (tertiary/aromatic N) is 2. The summed E-state index contributed by atoms with van der Waals surface area (Å²) in [7, 11) is 0. The Bertz CT molecular complexity index is 1310. The second-order valence-electron chi connectivity index (χ2n) is 7.50. The first-order valence-corrected chi connectivity index (χ1v) is 10.2. The lowest BCUT2D eigenvalue weighted by atomic mass is 10.1. The Morgan fingerprint density at radius 1 is 1.25 bits per heavy atom. The largest absolute Gasteiger partial charge is 0.436 e. The summed E-state index contributed by atoms with van der Waals surface area (Å²) >= 11 is 0. The third-order valence-electron chi connectivity index (χ3n) is 5.36. The van der Waals surface area contributed by atoms with Gasteiger partial charge in [-0.05, 0) is 37.3 Å². The van der Waals surface area contributed by atoms with Gasteiger partial charge in [0.05, 0.1) is 18.0 Å². The van der Waals surface area contributed by atoms with Crippen LogP contribution in [0.25, 0.3) is 11.0 Å². The van der Waals surface area contributed by atoms with Gasteiger partial charge in [0.2, 0.25) is 5.55 Å². The summed E-state index contributed by atoms with van der Waals surface area (Å²) in [5.74, 6) is -0.392. The number of nitrogens with one attached hydrogen (secondary N) is 1. The van der Waals surface area contributed by atoms with Gasteiger partial charge in [0.15, 0.2) is 5.58 Å². The summed E-state index contributed by atoms with van der Waals surface area (Å²) in [5, 5.41) is 13.3. The van der Waals surface area contributed by atoms with Gasteiger partial charge in [0.25, 0.3) is 5.91 Å². The van der Waals surface area contributed by atoms with E-state index in [4.69, 9.17) is 13.9 Å². The van der Waals surface area contributed by atoms with E-state index in [2.05, 4.69) is 15.3 Å². The summed E-state index contributed by atoms with van der Waals surface area (Å²) in [5.41, 5.74) is 3.30. The number of aromatic nitrogens is 1. The third kappa shape index (κ3) is 3.87. The van der Waals surface area contributed by atoms with E-state index in [0.717, 1.165) is 0 Å². The van der Waals surface area contributed by atoms with Gasteiger partial charge in [0.1, 0.15) is 24.6 Å². The third-order valence-corrected chi connectivity index (χ3v) is 5.36. The second-order valence-corrected chi connectivity index (χ2v) is 7.50. The van der Waals surface area contributed by atoms with E-state index < -0.39 is 5.91 Å². The van der Waals surface area contributed by atoms with Crippen LogP contribution in [0.15, 0.2) is 75.9 Å². The fourth-order valence-corrected chi connectivity index (χ4v) is 3.69. The van der Waals surface area contributed by atoms with E-state index >= 15 is 0 Å². The number of rotatable bonds is 4. The molecule has 1 saturated heterocycles. The van der Waals surface area contributed by atoms with Crippen LogP contribution in [0.5, 0.6) is 0 Å². The average Bonchev–Trinajstić information content (AvgIpc) is 3.28. The Hall–Kier alpha value is -3.59. The maximum absolute atomic E-state index is 13.3. The number of carbonyl (C=O) groups excluding carboxylic acids is 1. The number of amides is 1. The molecule has 0 spiro atoms. The standard InChI is InChI=1S/C24H21N3O5/c1-14-22-18(15(12-28)11-25-14)10-19(24(32-22)27-16-5-3-2-4-6-16)23(29)26-17-7-8-20-21(9-17)31-13-30-20/h2-11,20-21,28H,12-13H2,1H3,(H,26,29)/t20-,21+/m0/s1. The summed E-state index contributed by atoms with van der Waals surface area (Å²) in [4.78, 5) is 22.1. The highest BCUT2D eigenvalue weighted by molar-refractivity contribution is 5.98.